The van der Waals surface area contributed by atoms with Gasteiger partial charge in [0.25, 0.3) is 0 Å². The van der Waals surface area contributed by atoms with Gasteiger partial charge in [-0.15, -0.1) is 0 Å². The molecular formula is C12H15NO5. The quantitative estimate of drug-likeness (QED) is 0.763. The Morgan fingerprint density at radius 2 is 2.22 bits per heavy atom. The highest BCUT2D eigenvalue weighted by molar-refractivity contribution is 5.74. The predicted molar refractivity (Wildman–Crippen MR) is 64.4 cm³/mol. The van der Waals surface area contributed by atoms with Crippen LogP contribution in [0.2, 0.25) is 0 Å². The number of aldehydes is 1. The fourth-order valence-corrected chi connectivity index (χ4v) is 1.73. The molecule has 1 aromatic heterocycles. The van der Waals surface area contributed by atoms with Gasteiger partial charge in [-0.25, -0.2) is 4.79 Å². The van der Waals surface area contributed by atoms with Crippen molar-refractivity contribution >= 4 is 12.0 Å². The van der Waals surface area contributed by atoms with E-state index in [1.54, 1.807) is 7.11 Å². The van der Waals surface area contributed by atoms with Gasteiger partial charge in [-0.3, -0.25) is 4.79 Å². The van der Waals surface area contributed by atoms with Gasteiger partial charge in [-0.05, 0) is 12.8 Å². The SMILES string of the molecule is COc1c(NCC2(OC)CC2)cc(C=O)oc1=O. The lowest BCUT2D eigenvalue weighted by atomic mass is 10.3. The summed E-state index contributed by atoms with van der Waals surface area (Å²) in [6.07, 6.45) is 2.43. The van der Waals surface area contributed by atoms with Gasteiger partial charge in [0, 0.05) is 19.7 Å². The highest BCUT2D eigenvalue weighted by atomic mass is 16.5. The van der Waals surface area contributed by atoms with E-state index in [4.69, 9.17) is 13.9 Å². The Bertz CT molecular complexity index is 504. The highest BCUT2D eigenvalue weighted by Crippen LogP contribution is 2.39. The van der Waals surface area contributed by atoms with Crippen LogP contribution in [-0.2, 0) is 4.74 Å². The molecular weight excluding hydrogens is 238 g/mol. The van der Waals surface area contributed by atoms with Crippen molar-refractivity contribution in [1.82, 2.24) is 0 Å². The smallest absolute Gasteiger partial charge is 0.381 e. The fourth-order valence-electron chi connectivity index (χ4n) is 1.73. The summed E-state index contributed by atoms with van der Waals surface area (Å²) in [6, 6.07) is 1.44. The molecule has 0 aromatic carbocycles. The molecule has 1 heterocycles. The van der Waals surface area contributed by atoms with Gasteiger partial charge in [-0.2, -0.15) is 0 Å². The normalized spacial score (nSPS) is 16.1. The zero-order chi connectivity index (χ0) is 13.2. The lowest BCUT2D eigenvalue weighted by Crippen LogP contribution is -2.24. The van der Waals surface area contributed by atoms with Crippen molar-refractivity contribution in [2.24, 2.45) is 0 Å². The van der Waals surface area contributed by atoms with Crippen LogP contribution < -0.4 is 15.7 Å². The maximum Gasteiger partial charge on any atom is 0.381 e. The van der Waals surface area contributed by atoms with E-state index in [1.165, 1.54) is 13.2 Å². The molecule has 6 heteroatoms. The lowest BCUT2D eigenvalue weighted by Gasteiger charge is -2.16. The topological polar surface area (TPSA) is 77.8 Å². The number of hydrogen-bond acceptors (Lipinski definition) is 6. The minimum Gasteiger partial charge on any atom is -0.488 e. The third kappa shape index (κ3) is 2.38. The van der Waals surface area contributed by atoms with Gasteiger partial charge in [-0.1, -0.05) is 0 Å². The highest BCUT2D eigenvalue weighted by Gasteiger charge is 2.42. The summed E-state index contributed by atoms with van der Waals surface area (Å²) in [5.41, 5.74) is -0.395. The summed E-state index contributed by atoms with van der Waals surface area (Å²) < 4.78 is 15.1. The Balaban J connectivity index is 2.22. The molecule has 0 bridgehead atoms. The minimum atomic E-state index is -0.674. The first-order valence-corrected chi connectivity index (χ1v) is 5.60. The molecule has 6 nitrogen and oxygen atoms in total. The molecule has 0 aliphatic heterocycles. The van der Waals surface area contributed by atoms with Gasteiger partial charge in [0.15, 0.2) is 12.0 Å². The second-order valence-corrected chi connectivity index (χ2v) is 4.24. The van der Waals surface area contributed by atoms with Crippen molar-refractivity contribution < 1.29 is 18.7 Å². The number of methoxy groups -OCH3 is 2. The van der Waals surface area contributed by atoms with Crippen molar-refractivity contribution in [1.29, 1.82) is 0 Å². The number of rotatable bonds is 6. The maximum atomic E-state index is 11.5. The van der Waals surface area contributed by atoms with Gasteiger partial charge < -0.3 is 19.2 Å². The first-order chi connectivity index (χ1) is 8.64. The molecule has 0 spiro atoms. The molecule has 1 N–H and O–H groups in total. The molecule has 0 radical (unpaired) electrons. The van der Waals surface area contributed by atoms with E-state index < -0.39 is 5.63 Å². The molecule has 0 atom stereocenters. The van der Waals surface area contributed by atoms with E-state index in [0.717, 1.165) is 12.8 Å². The van der Waals surface area contributed by atoms with Crippen molar-refractivity contribution in [2.75, 3.05) is 26.1 Å². The summed E-state index contributed by atoms with van der Waals surface area (Å²) in [7, 11) is 3.03. The van der Waals surface area contributed by atoms with E-state index in [2.05, 4.69) is 5.32 Å². The molecule has 98 valence electrons. The van der Waals surface area contributed by atoms with Crippen LogP contribution in [-0.4, -0.2) is 32.7 Å². The average Bonchev–Trinajstić information content (AvgIpc) is 3.16. The molecule has 1 aromatic rings. The van der Waals surface area contributed by atoms with E-state index >= 15 is 0 Å². The Labute approximate surface area is 104 Å². The number of nitrogens with one attached hydrogen (secondary N) is 1. The van der Waals surface area contributed by atoms with Gasteiger partial charge in [0.1, 0.15) is 0 Å². The van der Waals surface area contributed by atoms with Crippen LogP contribution in [0.4, 0.5) is 5.69 Å². The maximum absolute atomic E-state index is 11.5. The minimum absolute atomic E-state index is 0.0365. The third-order valence-corrected chi connectivity index (χ3v) is 3.09. The molecule has 2 rings (SSSR count). The molecule has 18 heavy (non-hydrogen) atoms. The van der Waals surface area contributed by atoms with Crippen LogP contribution >= 0.6 is 0 Å². The Morgan fingerprint density at radius 1 is 1.50 bits per heavy atom. The summed E-state index contributed by atoms with van der Waals surface area (Å²) in [6.45, 7) is 0.557. The molecule has 1 saturated carbocycles. The van der Waals surface area contributed by atoms with Gasteiger partial charge in [0.05, 0.1) is 18.4 Å². The zero-order valence-electron chi connectivity index (χ0n) is 10.3. The van der Waals surface area contributed by atoms with Gasteiger partial charge in [0.2, 0.25) is 5.75 Å². The Hall–Kier alpha value is -1.82. The van der Waals surface area contributed by atoms with E-state index in [-0.39, 0.29) is 17.1 Å². The predicted octanol–water partition coefficient (Wildman–Crippen LogP) is 1.05. The first-order valence-electron chi connectivity index (χ1n) is 5.60. The van der Waals surface area contributed by atoms with Crippen LogP contribution in [0.5, 0.6) is 5.75 Å². The molecule has 0 unspecified atom stereocenters. The second-order valence-electron chi connectivity index (χ2n) is 4.24. The average molecular weight is 253 g/mol. The van der Waals surface area contributed by atoms with Crippen LogP contribution in [0.25, 0.3) is 0 Å². The molecule has 0 saturated heterocycles. The summed E-state index contributed by atoms with van der Waals surface area (Å²) in [5, 5.41) is 3.06. The lowest BCUT2D eigenvalue weighted by molar-refractivity contribution is 0.0914. The van der Waals surface area contributed by atoms with Crippen molar-refractivity contribution in [3.63, 3.8) is 0 Å². The summed E-state index contributed by atoms with van der Waals surface area (Å²) in [4.78, 5) is 22.2. The number of carbonyl (C=O) groups excluding carboxylic acids is 1. The molecule has 1 fully saturated rings. The number of anilines is 1. The third-order valence-electron chi connectivity index (χ3n) is 3.09. The van der Waals surface area contributed by atoms with E-state index in [9.17, 15) is 9.59 Å². The van der Waals surface area contributed by atoms with Crippen molar-refractivity contribution in [3.05, 3.63) is 22.2 Å². The number of ether oxygens (including phenoxy) is 2. The molecule has 1 aliphatic carbocycles. The fraction of sp³-hybridized carbons (Fsp3) is 0.500. The summed E-state index contributed by atoms with van der Waals surface area (Å²) in [5.74, 6) is 0.0260. The number of hydrogen-bond donors (Lipinski definition) is 1. The Morgan fingerprint density at radius 3 is 2.72 bits per heavy atom. The van der Waals surface area contributed by atoms with Crippen LogP contribution in [0, 0.1) is 0 Å². The Kier molecular flexibility index (Phi) is 3.38. The van der Waals surface area contributed by atoms with Crippen LogP contribution in [0.15, 0.2) is 15.3 Å². The second kappa shape index (κ2) is 4.81. The van der Waals surface area contributed by atoms with Crippen LogP contribution in [0.3, 0.4) is 0 Å². The monoisotopic (exact) mass is 253 g/mol. The van der Waals surface area contributed by atoms with Crippen molar-refractivity contribution in [2.45, 2.75) is 18.4 Å². The van der Waals surface area contributed by atoms with Crippen LogP contribution in [0.1, 0.15) is 23.4 Å². The van der Waals surface area contributed by atoms with Crippen molar-refractivity contribution in [3.8, 4) is 5.75 Å². The van der Waals surface area contributed by atoms with E-state index in [1.807, 2.05) is 0 Å². The standard InChI is InChI=1S/C12H15NO5/c1-16-10-9(5-8(6-14)18-11(10)15)13-7-12(17-2)3-4-12/h5-6,13H,3-4,7H2,1-2H3. The van der Waals surface area contributed by atoms with Gasteiger partial charge >= 0.3 is 5.63 Å². The first kappa shape index (κ1) is 12.6. The summed E-state index contributed by atoms with van der Waals surface area (Å²) >= 11 is 0. The molecule has 1 aliphatic rings. The van der Waals surface area contributed by atoms with E-state index in [0.29, 0.717) is 18.5 Å². The molecule has 0 amide bonds. The zero-order valence-corrected chi connectivity index (χ0v) is 10.3. The largest absolute Gasteiger partial charge is 0.488 e. The number of carbonyl (C=O) groups is 1.